The van der Waals surface area contributed by atoms with Crippen molar-refractivity contribution in [2.24, 2.45) is 0 Å². The second-order valence-electron chi connectivity index (χ2n) is 8.76. The van der Waals surface area contributed by atoms with Gasteiger partial charge in [0.1, 0.15) is 0 Å². The molecule has 0 aliphatic rings. The van der Waals surface area contributed by atoms with Crippen molar-refractivity contribution < 1.29 is 9.59 Å². The number of benzene rings is 4. The van der Waals surface area contributed by atoms with Crippen molar-refractivity contribution in [1.29, 1.82) is 0 Å². The van der Waals surface area contributed by atoms with Gasteiger partial charge in [0.2, 0.25) is 5.91 Å². The van der Waals surface area contributed by atoms with Crippen LogP contribution in [0.4, 0.5) is 11.4 Å². The fourth-order valence-corrected chi connectivity index (χ4v) is 4.84. The van der Waals surface area contributed by atoms with Crippen LogP contribution < -0.4 is 16.2 Å². The Kier molecular flexibility index (Phi) is 7.76. The summed E-state index contributed by atoms with van der Waals surface area (Å²) in [7, 11) is 0. The third kappa shape index (κ3) is 6.19. The number of anilines is 2. The summed E-state index contributed by atoms with van der Waals surface area (Å²) in [5, 5.41) is 7.15. The predicted molar refractivity (Wildman–Crippen MR) is 157 cm³/mol. The van der Waals surface area contributed by atoms with Crippen molar-refractivity contribution in [3.05, 3.63) is 124 Å². The zero-order valence-corrected chi connectivity index (χ0v) is 22.4. The van der Waals surface area contributed by atoms with Crippen LogP contribution in [0.1, 0.15) is 15.9 Å². The predicted octanol–water partition coefficient (Wildman–Crippen LogP) is 6.33. The fourth-order valence-electron chi connectivity index (χ4n) is 3.90. The molecule has 4 aromatic carbocycles. The molecular formula is C30H23ClN4O3S. The van der Waals surface area contributed by atoms with E-state index in [0.717, 1.165) is 5.56 Å². The van der Waals surface area contributed by atoms with E-state index in [1.807, 2.05) is 37.3 Å². The zero-order valence-electron chi connectivity index (χ0n) is 20.9. The van der Waals surface area contributed by atoms with Crippen LogP contribution in [0.3, 0.4) is 0 Å². The number of amides is 2. The highest BCUT2D eigenvalue weighted by Crippen LogP contribution is 2.22. The first-order valence-corrected chi connectivity index (χ1v) is 13.4. The van der Waals surface area contributed by atoms with Crippen LogP contribution in [0.15, 0.2) is 107 Å². The van der Waals surface area contributed by atoms with Gasteiger partial charge in [0.05, 0.1) is 22.3 Å². The molecule has 194 valence electrons. The Morgan fingerprint density at radius 1 is 0.846 bits per heavy atom. The average molecular weight is 555 g/mol. The monoisotopic (exact) mass is 554 g/mol. The number of hydrogen-bond donors (Lipinski definition) is 2. The minimum atomic E-state index is -0.276. The van der Waals surface area contributed by atoms with E-state index < -0.39 is 0 Å². The number of aryl methyl sites for hydroxylation is 1. The Hall–Kier alpha value is -4.40. The van der Waals surface area contributed by atoms with Crippen LogP contribution in [0.2, 0.25) is 5.02 Å². The van der Waals surface area contributed by atoms with E-state index in [1.54, 1.807) is 66.7 Å². The van der Waals surface area contributed by atoms with E-state index in [4.69, 9.17) is 11.6 Å². The Morgan fingerprint density at radius 3 is 2.21 bits per heavy atom. The minimum absolute atomic E-state index is 0.0371. The van der Waals surface area contributed by atoms with Gasteiger partial charge in [-0.1, -0.05) is 53.2 Å². The third-order valence-electron chi connectivity index (χ3n) is 5.90. The highest BCUT2D eigenvalue weighted by Gasteiger charge is 2.15. The topological polar surface area (TPSA) is 93.1 Å². The number of carbonyl (C=O) groups excluding carboxylic acids is 2. The first-order chi connectivity index (χ1) is 18.9. The number of halogens is 1. The molecule has 2 N–H and O–H groups in total. The largest absolute Gasteiger partial charge is 0.325 e. The Bertz CT molecular complexity index is 1720. The number of nitrogens with one attached hydrogen (secondary N) is 2. The zero-order chi connectivity index (χ0) is 27.4. The molecule has 7 nitrogen and oxygen atoms in total. The number of nitrogens with zero attached hydrogens (tertiary/aromatic N) is 2. The highest BCUT2D eigenvalue weighted by atomic mass is 35.5. The quantitative estimate of drug-likeness (QED) is 0.181. The van der Waals surface area contributed by atoms with Crippen LogP contribution in [0, 0.1) is 6.92 Å². The van der Waals surface area contributed by atoms with Gasteiger partial charge in [0.25, 0.3) is 11.5 Å². The maximum atomic E-state index is 13.4. The average Bonchev–Trinajstić information content (AvgIpc) is 2.94. The van der Waals surface area contributed by atoms with Gasteiger partial charge in [-0.05, 0) is 79.7 Å². The second-order valence-corrected chi connectivity index (χ2v) is 10.1. The van der Waals surface area contributed by atoms with Crippen molar-refractivity contribution >= 4 is 57.5 Å². The lowest BCUT2D eigenvalue weighted by Gasteiger charge is -2.13. The normalized spacial score (nSPS) is 10.8. The van der Waals surface area contributed by atoms with Gasteiger partial charge in [-0.25, -0.2) is 4.98 Å². The van der Waals surface area contributed by atoms with Crippen LogP contribution in [0.25, 0.3) is 16.6 Å². The number of hydrogen-bond acceptors (Lipinski definition) is 5. The lowest BCUT2D eigenvalue weighted by molar-refractivity contribution is -0.113. The van der Waals surface area contributed by atoms with Crippen LogP contribution >= 0.6 is 23.4 Å². The smallest absolute Gasteiger partial charge is 0.266 e. The molecule has 5 rings (SSSR count). The number of carbonyl (C=O) groups is 2. The van der Waals surface area contributed by atoms with Crippen LogP contribution in [-0.2, 0) is 4.79 Å². The maximum absolute atomic E-state index is 13.4. The van der Waals surface area contributed by atoms with E-state index in [2.05, 4.69) is 15.6 Å². The third-order valence-corrected chi connectivity index (χ3v) is 7.09. The molecule has 0 radical (unpaired) electrons. The first-order valence-electron chi connectivity index (χ1n) is 12.1. The molecule has 2 amide bonds. The summed E-state index contributed by atoms with van der Waals surface area (Å²) >= 11 is 7.06. The molecule has 0 fully saturated rings. The van der Waals surface area contributed by atoms with Gasteiger partial charge < -0.3 is 10.6 Å². The summed E-state index contributed by atoms with van der Waals surface area (Å²) < 4.78 is 1.54. The van der Waals surface area contributed by atoms with Crippen molar-refractivity contribution in [3.63, 3.8) is 0 Å². The Labute approximate surface area is 233 Å². The number of thioether (sulfide) groups is 1. The molecule has 39 heavy (non-hydrogen) atoms. The molecule has 1 heterocycles. The molecule has 1 aromatic heterocycles. The number of rotatable bonds is 7. The van der Waals surface area contributed by atoms with Crippen LogP contribution in [-0.4, -0.2) is 27.1 Å². The molecule has 0 saturated carbocycles. The van der Waals surface area contributed by atoms with Gasteiger partial charge in [0.15, 0.2) is 5.16 Å². The van der Waals surface area contributed by atoms with Crippen LogP contribution in [0.5, 0.6) is 0 Å². The number of aromatic nitrogens is 2. The highest BCUT2D eigenvalue weighted by molar-refractivity contribution is 7.99. The molecule has 5 aromatic rings. The molecule has 0 unspecified atom stereocenters. The summed E-state index contributed by atoms with van der Waals surface area (Å²) in [5.74, 6) is -0.506. The summed E-state index contributed by atoms with van der Waals surface area (Å²) in [4.78, 5) is 43.3. The summed E-state index contributed by atoms with van der Waals surface area (Å²) in [6.45, 7) is 1.98. The van der Waals surface area contributed by atoms with Gasteiger partial charge in [-0.3, -0.25) is 19.0 Å². The lowest BCUT2D eigenvalue weighted by atomic mass is 10.2. The number of fused-ring (bicyclic) bond motifs is 1. The second kappa shape index (κ2) is 11.6. The SMILES string of the molecule is Cc1ccc(-n2c(SCC(=O)Nc3ccc(C(=O)Nc4ccc(Cl)cc4)cc3)nc3ccccc3c2=O)cc1. The molecule has 0 saturated heterocycles. The molecule has 0 spiro atoms. The maximum Gasteiger partial charge on any atom is 0.266 e. The van der Waals surface area contributed by atoms with E-state index in [9.17, 15) is 14.4 Å². The van der Waals surface area contributed by atoms with Crippen molar-refractivity contribution in [3.8, 4) is 5.69 Å². The lowest BCUT2D eigenvalue weighted by Crippen LogP contribution is -2.23. The van der Waals surface area contributed by atoms with Crippen molar-refractivity contribution in [1.82, 2.24) is 9.55 Å². The molecule has 0 bridgehead atoms. The van der Waals surface area contributed by atoms with Crippen molar-refractivity contribution in [2.45, 2.75) is 12.1 Å². The van der Waals surface area contributed by atoms with Crippen molar-refractivity contribution in [2.75, 3.05) is 16.4 Å². The first kappa shape index (κ1) is 26.2. The summed E-state index contributed by atoms with van der Waals surface area (Å²) in [5.41, 5.74) is 3.75. The summed E-state index contributed by atoms with van der Waals surface area (Å²) in [6.07, 6.45) is 0. The minimum Gasteiger partial charge on any atom is -0.325 e. The Balaban J connectivity index is 1.28. The molecule has 0 aliphatic heterocycles. The Morgan fingerprint density at radius 2 is 1.49 bits per heavy atom. The van der Waals surface area contributed by atoms with E-state index in [1.165, 1.54) is 16.3 Å². The van der Waals surface area contributed by atoms with Gasteiger partial charge in [-0.15, -0.1) is 0 Å². The molecule has 0 aliphatic carbocycles. The van der Waals surface area contributed by atoms with E-state index >= 15 is 0 Å². The fraction of sp³-hybridized carbons (Fsp3) is 0.0667. The summed E-state index contributed by atoms with van der Waals surface area (Å²) in [6, 6.07) is 28.2. The van der Waals surface area contributed by atoms with Gasteiger partial charge in [0, 0.05) is 22.0 Å². The number of para-hydroxylation sites is 1. The van der Waals surface area contributed by atoms with Gasteiger partial charge in [-0.2, -0.15) is 0 Å². The molecule has 0 atom stereocenters. The molecular weight excluding hydrogens is 532 g/mol. The van der Waals surface area contributed by atoms with Gasteiger partial charge >= 0.3 is 0 Å². The van der Waals surface area contributed by atoms with E-state index in [-0.39, 0.29) is 23.1 Å². The van der Waals surface area contributed by atoms with E-state index in [0.29, 0.717) is 43.7 Å². The standard InChI is InChI=1S/C30H23ClN4O3S/c1-19-6-16-24(17-7-19)35-29(38)25-4-2-3-5-26(25)34-30(35)39-18-27(36)32-22-12-8-20(9-13-22)28(37)33-23-14-10-21(31)11-15-23/h2-17H,18H2,1H3,(H,32,36)(H,33,37). The molecule has 9 heteroatoms.